The number of hydrogen-bond donors (Lipinski definition) is 4. The molecule has 0 spiro atoms. The van der Waals surface area contributed by atoms with Crippen LogP contribution < -0.4 is 16.1 Å². The van der Waals surface area contributed by atoms with E-state index < -0.39 is 18.0 Å². The Bertz CT molecular complexity index is 518. The molecule has 22 heavy (non-hydrogen) atoms. The van der Waals surface area contributed by atoms with Gasteiger partial charge in [-0.05, 0) is 24.5 Å². The van der Waals surface area contributed by atoms with Crippen LogP contribution in [-0.4, -0.2) is 23.2 Å². The van der Waals surface area contributed by atoms with Gasteiger partial charge in [0.15, 0.2) is 0 Å². The number of amides is 3. The molecule has 0 saturated heterocycles. The SMILES string of the molecule is CC(C)C[C@H](NC(=O)NCc1c(Cl)cccc1Cl)C(=O)NO. The highest BCUT2D eigenvalue weighted by atomic mass is 35.5. The number of rotatable bonds is 6. The lowest BCUT2D eigenvalue weighted by atomic mass is 10.0. The van der Waals surface area contributed by atoms with Crippen LogP contribution in [0, 0.1) is 5.92 Å². The van der Waals surface area contributed by atoms with E-state index in [-0.39, 0.29) is 12.5 Å². The van der Waals surface area contributed by atoms with Crippen LogP contribution >= 0.6 is 23.2 Å². The summed E-state index contributed by atoms with van der Waals surface area (Å²) in [5.74, 6) is -0.500. The van der Waals surface area contributed by atoms with Gasteiger partial charge in [0.25, 0.3) is 5.91 Å². The standard InChI is InChI=1S/C14H19Cl2N3O3/c1-8(2)6-12(13(20)19-22)18-14(21)17-7-9-10(15)4-3-5-11(9)16/h3-5,8,12,22H,6-7H2,1-2H3,(H,19,20)(H2,17,18,21)/t12-/m0/s1. The van der Waals surface area contributed by atoms with Gasteiger partial charge in [-0.2, -0.15) is 0 Å². The molecular weight excluding hydrogens is 329 g/mol. The first kappa shape index (κ1) is 18.5. The maximum Gasteiger partial charge on any atom is 0.315 e. The van der Waals surface area contributed by atoms with Gasteiger partial charge in [-0.3, -0.25) is 10.0 Å². The van der Waals surface area contributed by atoms with E-state index >= 15 is 0 Å². The van der Waals surface area contributed by atoms with E-state index in [9.17, 15) is 9.59 Å². The highest BCUT2D eigenvalue weighted by Gasteiger charge is 2.21. The van der Waals surface area contributed by atoms with Gasteiger partial charge in [0.2, 0.25) is 0 Å². The first-order valence-electron chi connectivity index (χ1n) is 6.76. The Kier molecular flexibility index (Phi) is 7.44. The van der Waals surface area contributed by atoms with Gasteiger partial charge in [-0.1, -0.05) is 43.1 Å². The fourth-order valence-corrected chi connectivity index (χ4v) is 2.39. The molecule has 8 heteroatoms. The number of carbonyl (C=O) groups excluding carboxylic acids is 2. The Morgan fingerprint density at radius 2 is 1.82 bits per heavy atom. The van der Waals surface area contributed by atoms with E-state index in [0.717, 1.165) is 0 Å². The molecule has 122 valence electrons. The first-order chi connectivity index (χ1) is 10.3. The molecule has 0 aliphatic rings. The molecule has 1 rings (SSSR count). The quantitative estimate of drug-likeness (QED) is 0.471. The summed E-state index contributed by atoms with van der Waals surface area (Å²) in [6, 6.07) is 3.67. The number of carbonyl (C=O) groups is 2. The van der Waals surface area contributed by atoms with Crippen LogP contribution in [-0.2, 0) is 11.3 Å². The van der Waals surface area contributed by atoms with Crippen molar-refractivity contribution in [2.45, 2.75) is 32.9 Å². The van der Waals surface area contributed by atoms with E-state index in [4.69, 9.17) is 28.4 Å². The molecule has 1 atom stereocenters. The average Bonchev–Trinajstić information content (AvgIpc) is 2.44. The van der Waals surface area contributed by atoms with Crippen molar-refractivity contribution >= 4 is 35.1 Å². The highest BCUT2D eigenvalue weighted by molar-refractivity contribution is 6.36. The summed E-state index contributed by atoms with van der Waals surface area (Å²) < 4.78 is 0. The van der Waals surface area contributed by atoms with Crippen LogP contribution in [0.3, 0.4) is 0 Å². The minimum Gasteiger partial charge on any atom is -0.334 e. The second kappa shape index (κ2) is 8.82. The number of urea groups is 1. The Hall–Kier alpha value is -1.50. The van der Waals surface area contributed by atoms with Crippen molar-refractivity contribution in [1.29, 1.82) is 0 Å². The van der Waals surface area contributed by atoms with Crippen molar-refractivity contribution in [1.82, 2.24) is 16.1 Å². The lowest BCUT2D eigenvalue weighted by Gasteiger charge is -2.19. The molecule has 0 aliphatic carbocycles. The van der Waals surface area contributed by atoms with Gasteiger partial charge >= 0.3 is 6.03 Å². The molecule has 4 N–H and O–H groups in total. The number of hydroxylamine groups is 1. The summed E-state index contributed by atoms with van der Waals surface area (Å²) in [4.78, 5) is 23.4. The molecule has 0 fully saturated rings. The van der Waals surface area contributed by atoms with Crippen LogP contribution in [0.1, 0.15) is 25.8 Å². The molecule has 6 nitrogen and oxygen atoms in total. The summed E-state index contributed by atoms with van der Waals surface area (Å²) in [5.41, 5.74) is 2.13. The fourth-order valence-electron chi connectivity index (χ4n) is 1.86. The average molecular weight is 348 g/mol. The molecule has 0 aliphatic heterocycles. The van der Waals surface area contributed by atoms with E-state index in [2.05, 4.69) is 10.6 Å². The highest BCUT2D eigenvalue weighted by Crippen LogP contribution is 2.23. The third kappa shape index (κ3) is 5.71. The van der Waals surface area contributed by atoms with Crippen LogP contribution in [0.5, 0.6) is 0 Å². The van der Waals surface area contributed by atoms with Crippen molar-refractivity contribution in [2.75, 3.05) is 0 Å². The molecule has 1 aromatic carbocycles. The van der Waals surface area contributed by atoms with Crippen molar-refractivity contribution in [3.8, 4) is 0 Å². The van der Waals surface area contributed by atoms with Gasteiger partial charge in [0, 0.05) is 22.2 Å². The van der Waals surface area contributed by atoms with Gasteiger partial charge in [0.1, 0.15) is 6.04 Å². The van der Waals surface area contributed by atoms with Crippen molar-refractivity contribution in [2.24, 2.45) is 5.92 Å². The largest absolute Gasteiger partial charge is 0.334 e. The maximum absolute atomic E-state index is 11.9. The Labute approximate surface area is 139 Å². The molecule has 0 aromatic heterocycles. The molecule has 3 amide bonds. The topological polar surface area (TPSA) is 90.5 Å². The maximum atomic E-state index is 11.9. The number of hydrogen-bond acceptors (Lipinski definition) is 3. The van der Waals surface area contributed by atoms with Crippen molar-refractivity contribution in [3.63, 3.8) is 0 Å². The van der Waals surface area contributed by atoms with E-state index in [1.807, 2.05) is 13.8 Å². The van der Waals surface area contributed by atoms with E-state index in [1.165, 1.54) is 0 Å². The summed E-state index contributed by atoms with van der Waals surface area (Å²) >= 11 is 12.0. The molecule has 0 heterocycles. The van der Waals surface area contributed by atoms with Crippen LogP contribution in [0.2, 0.25) is 10.0 Å². The third-order valence-electron chi connectivity index (χ3n) is 2.93. The zero-order valence-corrected chi connectivity index (χ0v) is 13.8. The summed E-state index contributed by atoms with van der Waals surface area (Å²) in [5, 5.41) is 14.7. The van der Waals surface area contributed by atoms with E-state index in [1.54, 1.807) is 23.7 Å². The number of nitrogens with one attached hydrogen (secondary N) is 3. The molecule has 1 aromatic rings. The zero-order valence-electron chi connectivity index (χ0n) is 12.3. The third-order valence-corrected chi connectivity index (χ3v) is 3.63. The minimum absolute atomic E-state index is 0.124. The van der Waals surface area contributed by atoms with Crippen molar-refractivity contribution < 1.29 is 14.8 Å². The van der Waals surface area contributed by atoms with Crippen LogP contribution in [0.15, 0.2) is 18.2 Å². The smallest absolute Gasteiger partial charge is 0.315 e. The number of halogens is 2. The molecule has 0 radical (unpaired) electrons. The monoisotopic (exact) mass is 347 g/mol. The summed E-state index contributed by atoms with van der Waals surface area (Å²) in [6.07, 6.45) is 0.395. The molecular formula is C14H19Cl2N3O3. The number of benzene rings is 1. The Morgan fingerprint density at radius 1 is 1.23 bits per heavy atom. The van der Waals surface area contributed by atoms with Gasteiger partial charge in [0.05, 0.1) is 0 Å². The Balaban J connectivity index is 2.62. The van der Waals surface area contributed by atoms with Crippen LogP contribution in [0.4, 0.5) is 4.79 Å². The normalized spacial score (nSPS) is 11.9. The lowest BCUT2D eigenvalue weighted by Crippen LogP contribution is -2.49. The fraction of sp³-hybridized carbons (Fsp3) is 0.429. The van der Waals surface area contributed by atoms with Gasteiger partial charge in [-0.15, -0.1) is 0 Å². The second-order valence-electron chi connectivity index (χ2n) is 5.19. The molecule has 0 bridgehead atoms. The molecule has 0 unspecified atom stereocenters. The molecule has 0 saturated carbocycles. The summed E-state index contributed by atoms with van der Waals surface area (Å²) in [7, 11) is 0. The summed E-state index contributed by atoms with van der Waals surface area (Å²) in [6.45, 7) is 3.93. The minimum atomic E-state index is -0.827. The second-order valence-corrected chi connectivity index (χ2v) is 6.00. The van der Waals surface area contributed by atoms with Gasteiger partial charge in [-0.25, -0.2) is 10.3 Å². The predicted molar refractivity (Wildman–Crippen MR) is 85.0 cm³/mol. The lowest BCUT2D eigenvalue weighted by molar-refractivity contribution is -0.131. The van der Waals surface area contributed by atoms with E-state index in [0.29, 0.717) is 22.0 Å². The van der Waals surface area contributed by atoms with Gasteiger partial charge < -0.3 is 10.6 Å². The predicted octanol–water partition coefficient (Wildman–Crippen LogP) is 2.71. The first-order valence-corrected chi connectivity index (χ1v) is 7.52. The Morgan fingerprint density at radius 3 is 2.32 bits per heavy atom. The van der Waals surface area contributed by atoms with Crippen LogP contribution in [0.25, 0.3) is 0 Å². The van der Waals surface area contributed by atoms with Crippen molar-refractivity contribution in [3.05, 3.63) is 33.8 Å². The zero-order chi connectivity index (χ0) is 16.7.